The van der Waals surface area contributed by atoms with Gasteiger partial charge in [-0.1, -0.05) is 55.8 Å². The highest BCUT2D eigenvalue weighted by atomic mass is 16.5. The summed E-state index contributed by atoms with van der Waals surface area (Å²) in [5, 5.41) is 5.47. The normalized spacial score (nSPS) is 16.1. The minimum atomic E-state index is -0.568. The molecule has 1 aliphatic rings. The minimum absolute atomic E-state index is 0.345. The molecule has 0 aromatic heterocycles. The van der Waals surface area contributed by atoms with Crippen molar-refractivity contribution in [2.75, 3.05) is 6.61 Å². The van der Waals surface area contributed by atoms with Crippen molar-refractivity contribution in [2.45, 2.75) is 39.3 Å². The van der Waals surface area contributed by atoms with Gasteiger partial charge < -0.3 is 20.1 Å². The molecule has 1 unspecified atom stereocenters. The molecule has 6 heteroatoms. The number of carbonyl (C=O) groups is 2. The van der Waals surface area contributed by atoms with Crippen molar-refractivity contribution in [3.63, 3.8) is 0 Å². The van der Waals surface area contributed by atoms with E-state index in [9.17, 15) is 9.59 Å². The molecule has 29 heavy (non-hydrogen) atoms. The van der Waals surface area contributed by atoms with Crippen molar-refractivity contribution in [1.82, 2.24) is 10.6 Å². The van der Waals surface area contributed by atoms with Crippen LogP contribution in [0.5, 0.6) is 5.75 Å². The fraction of sp³-hybridized carbons (Fsp3) is 0.304. The Bertz CT molecular complexity index is 876. The number of benzene rings is 2. The predicted molar refractivity (Wildman–Crippen MR) is 110 cm³/mol. The summed E-state index contributed by atoms with van der Waals surface area (Å²) in [5.41, 5.74) is 2.79. The van der Waals surface area contributed by atoms with E-state index in [0.717, 1.165) is 24.0 Å². The molecule has 2 aromatic carbocycles. The highest BCUT2D eigenvalue weighted by Crippen LogP contribution is 2.29. The van der Waals surface area contributed by atoms with Crippen molar-refractivity contribution in [3.05, 3.63) is 77.0 Å². The van der Waals surface area contributed by atoms with Gasteiger partial charge in [0.05, 0.1) is 18.2 Å². The lowest BCUT2D eigenvalue weighted by atomic mass is 9.95. The molecule has 152 valence electrons. The molecular weight excluding hydrogens is 368 g/mol. The number of ether oxygens (including phenoxy) is 2. The quantitative estimate of drug-likeness (QED) is 0.519. The summed E-state index contributed by atoms with van der Waals surface area (Å²) in [6.07, 6.45) is 1.74. The number of carbonyl (C=O) groups excluding carboxylic acids is 2. The zero-order valence-corrected chi connectivity index (χ0v) is 16.7. The monoisotopic (exact) mass is 394 g/mol. The summed E-state index contributed by atoms with van der Waals surface area (Å²) < 4.78 is 11.2. The van der Waals surface area contributed by atoms with Gasteiger partial charge in [-0.3, -0.25) is 0 Å². The second-order valence-corrected chi connectivity index (χ2v) is 6.90. The number of hydrogen-bond donors (Lipinski definition) is 2. The van der Waals surface area contributed by atoms with Gasteiger partial charge in [-0.05, 0) is 36.6 Å². The molecule has 1 aliphatic heterocycles. The number of esters is 1. The average Bonchev–Trinajstić information content (AvgIpc) is 2.73. The van der Waals surface area contributed by atoms with Gasteiger partial charge in [0.1, 0.15) is 12.4 Å². The summed E-state index contributed by atoms with van der Waals surface area (Å²) in [4.78, 5) is 24.6. The number of allylic oxidation sites excluding steroid dienone is 1. The second kappa shape index (κ2) is 9.78. The maximum Gasteiger partial charge on any atom is 0.338 e. The van der Waals surface area contributed by atoms with Gasteiger partial charge >= 0.3 is 12.0 Å². The van der Waals surface area contributed by atoms with Crippen molar-refractivity contribution in [2.24, 2.45) is 0 Å². The van der Waals surface area contributed by atoms with Crippen molar-refractivity contribution in [1.29, 1.82) is 0 Å². The molecule has 2 amide bonds. The van der Waals surface area contributed by atoms with E-state index in [1.807, 2.05) is 61.5 Å². The third-order valence-corrected chi connectivity index (χ3v) is 4.68. The van der Waals surface area contributed by atoms with Crippen LogP contribution in [0.3, 0.4) is 0 Å². The molecule has 2 aromatic rings. The fourth-order valence-corrected chi connectivity index (χ4v) is 3.10. The lowest BCUT2D eigenvalue weighted by Gasteiger charge is -2.28. The van der Waals surface area contributed by atoms with Crippen LogP contribution in [0, 0.1) is 0 Å². The van der Waals surface area contributed by atoms with Crippen LogP contribution in [-0.2, 0) is 16.1 Å². The topological polar surface area (TPSA) is 76.7 Å². The van der Waals surface area contributed by atoms with Crippen molar-refractivity contribution < 1.29 is 19.1 Å². The summed E-state index contributed by atoms with van der Waals surface area (Å²) in [6, 6.07) is 16.4. The number of amides is 2. The van der Waals surface area contributed by atoms with Crippen LogP contribution in [-0.4, -0.2) is 18.6 Å². The predicted octanol–water partition coefficient (Wildman–Crippen LogP) is 4.24. The third kappa shape index (κ3) is 5.38. The molecule has 0 aliphatic carbocycles. The van der Waals surface area contributed by atoms with E-state index >= 15 is 0 Å². The molecule has 0 spiro atoms. The summed E-state index contributed by atoms with van der Waals surface area (Å²) in [5.74, 6) is 0.295. The molecule has 0 radical (unpaired) electrons. The maximum absolute atomic E-state index is 12.6. The van der Waals surface area contributed by atoms with Crippen LogP contribution < -0.4 is 15.4 Å². The van der Waals surface area contributed by atoms with Crippen molar-refractivity contribution in [3.8, 4) is 5.75 Å². The Balaban J connectivity index is 1.73. The van der Waals surface area contributed by atoms with Gasteiger partial charge in [0.25, 0.3) is 0 Å². The molecule has 1 atom stereocenters. The van der Waals surface area contributed by atoms with Crippen LogP contribution in [0.1, 0.15) is 43.9 Å². The zero-order valence-electron chi connectivity index (χ0n) is 16.7. The van der Waals surface area contributed by atoms with Crippen LogP contribution in [0.25, 0.3) is 0 Å². The van der Waals surface area contributed by atoms with E-state index in [0.29, 0.717) is 30.2 Å². The molecule has 0 bridgehead atoms. The van der Waals surface area contributed by atoms with Gasteiger partial charge in [0.15, 0.2) is 0 Å². The van der Waals surface area contributed by atoms with Crippen molar-refractivity contribution >= 4 is 12.0 Å². The number of rotatable bonds is 8. The lowest BCUT2D eigenvalue weighted by molar-refractivity contribution is -0.139. The summed E-state index contributed by atoms with van der Waals surface area (Å²) in [7, 11) is 0. The van der Waals surface area contributed by atoms with E-state index in [1.54, 1.807) is 6.92 Å². The first-order valence-electron chi connectivity index (χ1n) is 9.80. The molecule has 0 saturated heterocycles. The largest absolute Gasteiger partial charge is 0.489 e. The van der Waals surface area contributed by atoms with Gasteiger partial charge in [0.2, 0.25) is 0 Å². The van der Waals surface area contributed by atoms with Crippen LogP contribution in [0.4, 0.5) is 4.79 Å². The molecule has 2 N–H and O–H groups in total. The standard InChI is InChI=1S/C23H26N2O4/c1-3-4-14-28-22(26)20-16(2)24-23(27)25-21(20)18-10-12-19(13-11-18)29-15-17-8-6-5-7-9-17/h5-13,21H,3-4,14-15H2,1-2H3,(H2,24,25,27). The summed E-state index contributed by atoms with van der Waals surface area (Å²) >= 11 is 0. The van der Waals surface area contributed by atoms with Crippen LogP contribution >= 0.6 is 0 Å². The van der Waals surface area contributed by atoms with E-state index < -0.39 is 12.0 Å². The van der Waals surface area contributed by atoms with E-state index in [1.165, 1.54) is 0 Å². The van der Waals surface area contributed by atoms with Crippen LogP contribution in [0.15, 0.2) is 65.9 Å². The Morgan fingerprint density at radius 1 is 1.07 bits per heavy atom. The molecule has 3 rings (SSSR count). The van der Waals surface area contributed by atoms with E-state index in [2.05, 4.69) is 10.6 Å². The average molecular weight is 394 g/mol. The first kappa shape index (κ1) is 20.5. The van der Waals surface area contributed by atoms with E-state index in [-0.39, 0.29) is 6.03 Å². The van der Waals surface area contributed by atoms with Crippen LogP contribution in [0.2, 0.25) is 0 Å². The number of hydrogen-bond acceptors (Lipinski definition) is 4. The molecule has 1 heterocycles. The summed E-state index contributed by atoms with van der Waals surface area (Å²) in [6.45, 7) is 4.57. The lowest BCUT2D eigenvalue weighted by Crippen LogP contribution is -2.45. The van der Waals surface area contributed by atoms with E-state index in [4.69, 9.17) is 9.47 Å². The second-order valence-electron chi connectivity index (χ2n) is 6.90. The molecule has 6 nitrogen and oxygen atoms in total. The Labute approximate surface area is 170 Å². The van der Waals surface area contributed by atoms with Gasteiger partial charge in [-0.15, -0.1) is 0 Å². The molecule has 0 fully saturated rings. The smallest absolute Gasteiger partial charge is 0.338 e. The van der Waals surface area contributed by atoms with Gasteiger partial charge in [-0.25, -0.2) is 9.59 Å². The Morgan fingerprint density at radius 3 is 2.48 bits per heavy atom. The number of unbranched alkanes of at least 4 members (excludes halogenated alkanes) is 1. The maximum atomic E-state index is 12.6. The first-order chi connectivity index (χ1) is 14.1. The fourth-order valence-electron chi connectivity index (χ4n) is 3.10. The Kier molecular flexibility index (Phi) is 6.89. The molecule has 0 saturated carbocycles. The number of nitrogens with one attached hydrogen (secondary N) is 2. The Hall–Kier alpha value is -3.28. The first-order valence-corrected chi connectivity index (χ1v) is 9.80. The Morgan fingerprint density at radius 2 is 1.79 bits per heavy atom. The van der Waals surface area contributed by atoms with Gasteiger partial charge in [-0.2, -0.15) is 0 Å². The highest BCUT2D eigenvalue weighted by Gasteiger charge is 2.32. The zero-order chi connectivity index (χ0) is 20.6. The molecular formula is C23H26N2O4. The SMILES string of the molecule is CCCCOC(=O)C1=C(C)NC(=O)NC1c1ccc(OCc2ccccc2)cc1. The van der Waals surface area contributed by atoms with Gasteiger partial charge in [0, 0.05) is 5.70 Å². The third-order valence-electron chi connectivity index (χ3n) is 4.68. The highest BCUT2D eigenvalue weighted by molar-refractivity contribution is 5.95. The minimum Gasteiger partial charge on any atom is -0.489 e. The number of urea groups is 1.